The van der Waals surface area contributed by atoms with E-state index in [0.29, 0.717) is 0 Å². The molecule has 0 amide bonds. The minimum Gasteiger partial charge on any atom is -0.317 e. The second-order valence-corrected chi connectivity index (χ2v) is 4.54. The summed E-state index contributed by atoms with van der Waals surface area (Å²) in [5.41, 5.74) is 2.43. The maximum atomic E-state index is 4.35. The molecule has 0 bridgehead atoms. The van der Waals surface area contributed by atoms with Crippen molar-refractivity contribution in [3.63, 3.8) is 0 Å². The number of rotatable bonds is 2. The highest BCUT2D eigenvalue weighted by atomic mass is 15.1. The van der Waals surface area contributed by atoms with Crippen LogP contribution >= 0.6 is 0 Å². The Bertz CT molecular complexity index is 299. The normalized spacial score (nSPS) is 19.1. The van der Waals surface area contributed by atoms with E-state index in [4.69, 9.17) is 0 Å². The number of nitrogens with zero attached hydrogens (tertiary/aromatic N) is 2. The topological polar surface area (TPSA) is 28.2 Å². The van der Waals surface area contributed by atoms with E-state index in [1.165, 1.54) is 31.5 Å². The maximum Gasteiger partial charge on any atom is 0.0372 e. The van der Waals surface area contributed by atoms with Gasteiger partial charge in [0.2, 0.25) is 0 Å². The van der Waals surface area contributed by atoms with Crippen molar-refractivity contribution in [1.29, 1.82) is 0 Å². The first-order chi connectivity index (χ1) is 7.84. The molecule has 1 saturated heterocycles. The molecule has 0 radical (unpaired) electrons. The highest BCUT2D eigenvalue weighted by Crippen LogP contribution is 2.06. The number of pyridine rings is 1. The summed E-state index contributed by atoms with van der Waals surface area (Å²) in [6.07, 6.45) is 4.50. The van der Waals surface area contributed by atoms with Gasteiger partial charge in [0.25, 0.3) is 0 Å². The molecule has 3 nitrogen and oxygen atoms in total. The third kappa shape index (κ3) is 3.58. The van der Waals surface area contributed by atoms with Crippen molar-refractivity contribution in [3.8, 4) is 0 Å². The van der Waals surface area contributed by atoms with Crippen molar-refractivity contribution in [2.24, 2.45) is 0 Å². The number of nitrogens with one attached hydrogen (secondary N) is 1. The molecule has 1 aliphatic rings. The van der Waals surface area contributed by atoms with Crippen LogP contribution in [0.15, 0.2) is 18.3 Å². The van der Waals surface area contributed by atoms with Crippen molar-refractivity contribution in [2.45, 2.75) is 26.3 Å². The van der Waals surface area contributed by atoms with E-state index in [9.17, 15) is 0 Å². The number of aryl methyl sites for hydroxylation is 1. The smallest absolute Gasteiger partial charge is 0.0372 e. The van der Waals surface area contributed by atoms with E-state index in [1.807, 2.05) is 13.1 Å². The summed E-state index contributed by atoms with van der Waals surface area (Å²) in [4.78, 5) is 6.88. The third-order valence-electron chi connectivity index (χ3n) is 3.03. The first-order valence-corrected chi connectivity index (χ1v) is 6.19. The Morgan fingerprint density at radius 1 is 1.25 bits per heavy atom. The number of hydrogen-bond donors (Lipinski definition) is 1. The quantitative estimate of drug-likeness (QED) is 0.818. The lowest BCUT2D eigenvalue weighted by molar-refractivity contribution is 0.244. The van der Waals surface area contributed by atoms with Crippen LogP contribution in [0.2, 0.25) is 0 Å². The standard InChI is InChI=1S/C13H21N3/c1-12-4-5-13(10-15-12)11-16-8-2-6-14-7-3-9-16/h4-5,10,14H,2-3,6-9,11H2,1H3. The van der Waals surface area contributed by atoms with Crippen LogP contribution in [0.5, 0.6) is 0 Å². The first kappa shape index (κ1) is 11.6. The predicted molar refractivity (Wildman–Crippen MR) is 66.4 cm³/mol. The van der Waals surface area contributed by atoms with Crippen molar-refractivity contribution in [2.75, 3.05) is 26.2 Å². The van der Waals surface area contributed by atoms with Gasteiger partial charge in [-0.2, -0.15) is 0 Å². The zero-order valence-corrected chi connectivity index (χ0v) is 10.1. The Morgan fingerprint density at radius 3 is 2.62 bits per heavy atom. The molecule has 0 unspecified atom stereocenters. The molecule has 3 heteroatoms. The molecule has 0 aliphatic carbocycles. The molecular weight excluding hydrogens is 198 g/mol. The lowest BCUT2D eigenvalue weighted by Gasteiger charge is -2.24. The zero-order chi connectivity index (χ0) is 11.2. The van der Waals surface area contributed by atoms with Crippen molar-refractivity contribution in [1.82, 2.24) is 15.2 Å². The fourth-order valence-electron chi connectivity index (χ4n) is 2.10. The fourth-order valence-corrected chi connectivity index (χ4v) is 2.10. The molecule has 16 heavy (non-hydrogen) atoms. The molecule has 0 saturated carbocycles. The van der Waals surface area contributed by atoms with E-state index in [-0.39, 0.29) is 0 Å². The van der Waals surface area contributed by atoms with E-state index in [2.05, 4.69) is 27.3 Å². The summed E-state index contributed by atoms with van der Waals surface area (Å²) in [6, 6.07) is 4.29. The molecule has 1 N–H and O–H groups in total. The van der Waals surface area contributed by atoms with Crippen LogP contribution in [0, 0.1) is 6.92 Å². The zero-order valence-electron chi connectivity index (χ0n) is 10.1. The lowest BCUT2D eigenvalue weighted by Crippen LogP contribution is -2.33. The van der Waals surface area contributed by atoms with Gasteiger partial charge in [-0.1, -0.05) is 6.07 Å². The van der Waals surface area contributed by atoms with Crippen LogP contribution in [0.1, 0.15) is 24.1 Å². The van der Waals surface area contributed by atoms with Crippen molar-refractivity contribution in [3.05, 3.63) is 29.6 Å². The minimum atomic E-state index is 1.05. The van der Waals surface area contributed by atoms with Gasteiger partial charge in [-0.3, -0.25) is 9.88 Å². The average Bonchev–Trinajstić information content (AvgIpc) is 2.25. The second-order valence-electron chi connectivity index (χ2n) is 4.54. The van der Waals surface area contributed by atoms with Gasteiger partial charge in [0.05, 0.1) is 0 Å². The van der Waals surface area contributed by atoms with Crippen LogP contribution < -0.4 is 5.32 Å². The largest absolute Gasteiger partial charge is 0.317 e. The summed E-state index contributed by atoms with van der Waals surface area (Å²) in [5, 5.41) is 3.44. The Kier molecular flexibility index (Phi) is 4.31. The monoisotopic (exact) mass is 219 g/mol. The van der Waals surface area contributed by atoms with Crippen molar-refractivity contribution < 1.29 is 0 Å². The van der Waals surface area contributed by atoms with Gasteiger partial charge in [-0.15, -0.1) is 0 Å². The van der Waals surface area contributed by atoms with Crippen LogP contribution in [-0.4, -0.2) is 36.1 Å². The van der Waals surface area contributed by atoms with Gasteiger partial charge < -0.3 is 5.32 Å². The Hall–Kier alpha value is -0.930. The van der Waals surface area contributed by atoms with Crippen LogP contribution in [-0.2, 0) is 6.54 Å². The molecule has 0 aromatic carbocycles. The molecule has 0 atom stereocenters. The molecule has 1 aliphatic heterocycles. The Morgan fingerprint density at radius 2 is 2.00 bits per heavy atom. The highest BCUT2D eigenvalue weighted by Gasteiger charge is 2.08. The number of hydrogen-bond acceptors (Lipinski definition) is 3. The number of aromatic nitrogens is 1. The first-order valence-electron chi connectivity index (χ1n) is 6.19. The van der Waals surface area contributed by atoms with E-state index in [1.54, 1.807) is 0 Å². The molecule has 1 fully saturated rings. The summed E-state index contributed by atoms with van der Waals surface area (Å²) >= 11 is 0. The van der Waals surface area contributed by atoms with Gasteiger partial charge in [0.15, 0.2) is 0 Å². The van der Waals surface area contributed by atoms with Gasteiger partial charge in [-0.25, -0.2) is 0 Å². The molecule has 2 rings (SSSR count). The summed E-state index contributed by atoms with van der Waals surface area (Å²) in [5.74, 6) is 0. The lowest BCUT2D eigenvalue weighted by atomic mass is 10.2. The maximum absolute atomic E-state index is 4.35. The molecule has 2 heterocycles. The summed E-state index contributed by atoms with van der Waals surface area (Å²) in [7, 11) is 0. The summed E-state index contributed by atoms with van der Waals surface area (Å²) < 4.78 is 0. The SMILES string of the molecule is Cc1ccc(CN2CCCNCCC2)cn1. The van der Waals surface area contributed by atoms with Crippen LogP contribution in [0.3, 0.4) is 0 Å². The predicted octanol–water partition coefficient (Wildman–Crippen LogP) is 1.58. The van der Waals surface area contributed by atoms with E-state index < -0.39 is 0 Å². The van der Waals surface area contributed by atoms with Gasteiger partial charge in [0.1, 0.15) is 0 Å². The second kappa shape index (κ2) is 5.97. The molecule has 1 aromatic heterocycles. The molecular formula is C13H21N3. The van der Waals surface area contributed by atoms with Gasteiger partial charge >= 0.3 is 0 Å². The molecule has 88 valence electrons. The fraction of sp³-hybridized carbons (Fsp3) is 0.615. The van der Waals surface area contributed by atoms with Crippen molar-refractivity contribution >= 4 is 0 Å². The third-order valence-corrected chi connectivity index (χ3v) is 3.03. The summed E-state index contributed by atoms with van der Waals surface area (Å²) in [6.45, 7) is 7.78. The van der Waals surface area contributed by atoms with Crippen LogP contribution in [0.25, 0.3) is 0 Å². The minimum absolute atomic E-state index is 1.05. The van der Waals surface area contributed by atoms with Gasteiger partial charge in [0, 0.05) is 18.4 Å². The molecule has 1 aromatic rings. The van der Waals surface area contributed by atoms with E-state index in [0.717, 1.165) is 25.3 Å². The van der Waals surface area contributed by atoms with Gasteiger partial charge in [-0.05, 0) is 57.6 Å². The Balaban J connectivity index is 1.89. The van der Waals surface area contributed by atoms with Crippen LogP contribution in [0.4, 0.5) is 0 Å². The molecule has 0 spiro atoms. The average molecular weight is 219 g/mol. The van der Waals surface area contributed by atoms with E-state index >= 15 is 0 Å². The highest BCUT2D eigenvalue weighted by molar-refractivity contribution is 5.12. The Labute approximate surface area is 97.9 Å².